The second-order valence-electron chi connectivity index (χ2n) is 9.59. The topological polar surface area (TPSA) is 17.2 Å². The van der Waals surface area contributed by atoms with Gasteiger partial charge < -0.3 is 0 Å². The van der Waals surface area contributed by atoms with Crippen molar-refractivity contribution in [3.8, 4) is 33.4 Å². The molecule has 0 saturated heterocycles. The van der Waals surface area contributed by atoms with Crippen LogP contribution in [0.15, 0.2) is 134 Å². The molecule has 0 unspecified atom stereocenters. The number of hydrogen-bond acceptors (Lipinski definition) is 1. The van der Waals surface area contributed by atoms with Gasteiger partial charge in [-0.1, -0.05) is 97.1 Å². The molecule has 0 fully saturated rings. The first-order valence-electron chi connectivity index (χ1n) is 12.7. The van der Waals surface area contributed by atoms with Crippen LogP contribution in [0.2, 0.25) is 0 Å². The lowest BCUT2D eigenvalue weighted by atomic mass is 9.94. The molecule has 0 aliphatic rings. The Hall–Kier alpha value is -5.26. The van der Waals surface area contributed by atoms with E-state index >= 15 is 0 Å². The molecule has 0 aliphatic carbocycles. The summed E-state index contributed by atoms with van der Waals surface area (Å²) in [5.41, 5.74) is 8.65. The number of para-hydroxylation sites is 1. The third-order valence-corrected chi connectivity index (χ3v) is 7.29. The Balaban J connectivity index is 1.28. The van der Waals surface area contributed by atoms with Crippen LogP contribution in [0.4, 0.5) is 5.69 Å². The molecule has 7 rings (SSSR count). The summed E-state index contributed by atoms with van der Waals surface area (Å²) in [5.74, 6) is 0. The molecule has 1 aromatic heterocycles. The van der Waals surface area contributed by atoms with E-state index in [0.29, 0.717) is 5.69 Å². The minimum Gasteiger partial charge on any atom is -0.256 e. The second-order valence-corrected chi connectivity index (χ2v) is 9.59. The van der Waals surface area contributed by atoms with Gasteiger partial charge >= 0.3 is 0 Å². The van der Waals surface area contributed by atoms with Crippen molar-refractivity contribution in [3.05, 3.63) is 145 Å². The molecule has 0 saturated carbocycles. The standard InChI is InChI=1S/C36H22N2/c1-37-33-16-13-25(14-17-33)34-7-4-6-29-19-27(15-18-35(29)34)26-11-9-24-10-12-28(21-31(24)20-26)32-22-30-5-2-3-8-36(30)38-23-32/h2-23H. The molecule has 2 nitrogen and oxygen atoms in total. The summed E-state index contributed by atoms with van der Waals surface area (Å²) in [6.07, 6.45) is 1.96. The van der Waals surface area contributed by atoms with Gasteiger partial charge in [0, 0.05) is 17.1 Å². The number of nitrogens with zero attached hydrogens (tertiary/aromatic N) is 2. The highest BCUT2D eigenvalue weighted by atomic mass is 14.6. The predicted octanol–water partition coefficient (Wildman–Crippen LogP) is 10.1. The van der Waals surface area contributed by atoms with Gasteiger partial charge in [-0.15, -0.1) is 0 Å². The van der Waals surface area contributed by atoms with E-state index in [1.807, 2.05) is 42.6 Å². The van der Waals surface area contributed by atoms with E-state index in [4.69, 9.17) is 6.57 Å². The van der Waals surface area contributed by atoms with E-state index < -0.39 is 0 Å². The van der Waals surface area contributed by atoms with Gasteiger partial charge in [0.15, 0.2) is 5.69 Å². The molecule has 7 aromatic rings. The summed E-state index contributed by atoms with van der Waals surface area (Å²) in [5, 5.41) is 5.99. The van der Waals surface area contributed by atoms with Crippen molar-refractivity contribution in [1.29, 1.82) is 0 Å². The van der Waals surface area contributed by atoms with Gasteiger partial charge in [0.25, 0.3) is 0 Å². The van der Waals surface area contributed by atoms with Crippen molar-refractivity contribution in [1.82, 2.24) is 4.98 Å². The van der Waals surface area contributed by atoms with Gasteiger partial charge in [-0.25, -0.2) is 4.85 Å². The minimum absolute atomic E-state index is 0.660. The molecule has 176 valence electrons. The molecule has 0 amide bonds. The maximum atomic E-state index is 7.21. The summed E-state index contributed by atoms with van der Waals surface area (Å²) in [6, 6.07) is 44.7. The van der Waals surface area contributed by atoms with Crippen molar-refractivity contribution in [2.75, 3.05) is 0 Å². The molecule has 38 heavy (non-hydrogen) atoms. The SMILES string of the molecule is [C-]#[N+]c1ccc(-c2cccc3cc(-c4ccc5ccc(-c6cnc7ccccc7c6)cc5c4)ccc23)cc1. The van der Waals surface area contributed by atoms with E-state index in [1.54, 1.807) is 0 Å². The first kappa shape index (κ1) is 22.0. The van der Waals surface area contributed by atoms with E-state index in [-0.39, 0.29) is 0 Å². The average Bonchev–Trinajstić information content (AvgIpc) is 2.99. The fourth-order valence-electron chi connectivity index (χ4n) is 5.27. The molecule has 0 atom stereocenters. The van der Waals surface area contributed by atoms with Gasteiger partial charge in [-0.3, -0.25) is 4.98 Å². The second kappa shape index (κ2) is 9.00. The van der Waals surface area contributed by atoms with E-state index in [9.17, 15) is 0 Å². The first-order valence-corrected chi connectivity index (χ1v) is 12.7. The van der Waals surface area contributed by atoms with Gasteiger partial charge in [0.05, 0.1) is 12.1 Å². The van der Waals surface area contributed by atoms with Crippen molar-refractivity contribution in [2.45, 2.75) is 0 Å². The fraction of sp³-hybridized carbons (Fsp3) is 0. The van der Waals surface area contributed by atoms with Crippen LogP contribution in [-0.2, 0) is 0 Å². The van der Waals surface area contributed by atoms with Crippen LogP contribution in [0.1, 0.15) is 0 Å². The molecule has 0 bridgehead atoms. The van der Waals surface area contributed by atoms with Crippen LogP contribution in [0, 0.1) is 6.57 Å². The first-order chi connectivity index (χ1) is 18.7. The summed E-state index contributed by atoms with van der Waals surface area (Å²) in [7, 11) is 0. The van der Waals surface area contributed by atoms with Crippen molar-refractivity contribution in [3.63, 3.8) is 0 Å². The predicted molar refractivity (Wildman–Crippen MR) is 159 cm³/mol. The Labute approximate surface area is 221 Å². The van der Waals surface area contributed by atoms with Crippen molar-refractivity contribution < 1.29 is 0 Å². The van der Waals surface area contributed by atoms with Gasteiger partial charge in [-0.05, 0) is 79.7 Å². The van der Waals surface area contributed by atoms with Crippen LogP contribution in [0.25, 0.3) is 70.7 Å². The lowest BCUT2D eigenvalue weighted by Gasteiger charge is -2.11. The third-order valence-electron chi connectivity index (χ3n) is 7.29. The number of aromatic nitrogens is 1. The summed E-state index contributed by atoms with van der Waals surface area (Å²) in [4.78, 5) is 8.17. The number of benzene rings is 6. The number of rotatable bonds is 3. The lowest BCUT2D eigenvalue weighted by Crippen LogP contribution is -1.85. The highest BCUT2D eigenvalue weighted by Crippen LogP contribution is 2.34. The summed E-state index contributed by atoms with van der Waals surface area (Å²) >= 11 is 0. The quantitative estimate of drug-likeness (QED) is 0.229. The number of pyridine rings is 1. The molecule has 2 heteroatoms. The minimum atomic E-state index is 0.660. The van der Waals surface area contributed by atoms with Crippen molar-refractivity contribution in [2.24, 2.45) is 0 Å². The zero-order chi connectivity index (χ0) is 25.5. The van der Waals surface area contributed by atoms with Crippen molar-refractivity contribution >= 4 is 38.1 Å². The molecule has 6 aromatic carbocycles. The zero-order valence-electron chi connectivity index (χ0n) is 20.6. The molecule has 1 heterocycles. The average molecular weight is 483 g/mol. The fourth-order valence-corrected chi connectivity index (χ4v) is 5.27. The Morgan fingerprint density at radius 2 is 1.11 bits per heavy atom. The highest BCUT2D eigenvalue weighted by molar-refractivity contribution is 6.00. The molecular weight excluding hydrogens is 460 g/mol. The van der Waals surface area contributed by atoms with Crippen LogP contribution >= 0.6 is 0 Å². The van der Waals surface area contributed by atoms with Crippen LogP contribution < -0.4 is 0 Å². The van der Waals surface area contributed by atoms with Gasteiger partial charge in [0.2, 0.25) is 0 Å². The molecule has 0 radical (unpaired) electrons. The highest BCUT2D eigenvalue weighted by Gasteiger charge is 2.08. The molecular formula is C36H22N2. The third kappa shape index (κ3) is 3.88. The Morgan fingerprint density at radius 1 is 0.474 bits per heavy atom. The van der Waals surface area contributed by atoms with Crippen LogP contribution in [-0.4, -0.2) is 4.98 Å². The summed E-state index contributed by atoms with van der Waals surface area (Å²) < 4.78 is 0. The zero-order valence-corrected chi connectivity index (χ0v) is 20.6. The van der Waals surface area contributed by atoms with E-state index in [1.165, 1.54) is 43.8 Å². The maximum Gasteiger partial charge on any atom is 0.187 e. The van der Waals surface area contributed by atoms with E-state index in [0.717, 1.165) is 22.0 Å². The Bertz CT molecular complexity index is 2030. The Kier molecular flexibility index (Phi) is 5.20. The molecule has 0 spiro atoms. The Morgan fingerprint density at radius 3 is 1.89 bits per heavy atom. The lowest BCUT2D eigenvalue weighted by molar-refractivity contribution is 1.41. The van der Waals surface area contributed by atoms with Gasteiger partial charge in [0.1, 0.15) is 0 Å². The molecule has 0 N–H and O–H groups in total. The normalized spacial score (nSPS) is 11.1. The van der Waals surface area contributed by atoms with Gasteiger partial charge in [-0.2, -0.15) is 0 Å². The monoisotopic (exact) mass is 482 g/mol. The number of fused-ring (bicyclic) bond motifs is 3. The number of hydrogen-bond donors (Lipinski definition) is 0. The summed E-state index contributed by atoms with van der Waals surface area (Å²) in [6.45, 7) is 7.21. The smallest absolute Gasteiger partial charge is 0.187 e. The van der Waals surface area contributed by atoms with E-state index in [2.05, 4.69) is 101 Å². The largest absolute Gasteiger partial charge is 0.256 e. The van der Waals surface area contributed by atoms with Crippen LogP contribution in [0.3, 0.4) is 0 Å². The maximum absolute atomic E-state index is 7.21. The molecule has 0 aliphatic heterocycles. The van der Waals surface area contributed by atoms with Crippen LogP contribution in [0.5, 0.6) is 0 Å².